The van der Waals surface area contributed by atoms with Gasteiger partial charge in [-0.05, 0) is 12.1 Å². The predicted octanol–water partition coefficient (Wildman–Crippen LogP) is 2.16. The van der Waals surface area contributed by atoms with Crippen molar-refractivity contribution in [3.8, 4) is 0 Å². The molecule has 0 aliphatic heterocycles. The van der Waals surface area contributed by atoms with Gasteiger partial charge in [-0.25, -0.2) is 0 Å². The van der Waals surface area contributed by atoms with Crippen LogP contribution >= 0.6 is 11.8 Å². The van der Waals surface area contributed by atoms with Gasteiger partial charge in [-0.15, -0.1) is 11.8 Å². The Morgan fingerprint density at radius 2 is 2.00 bits per heavy atom. The zero-order chi connectivity index (χ0) is 8.10. The second kappa shape index (κ2) is 4.42. The van der Waals surface area contributed by atoms with Crippen LogP contribution in [0.4, 0.5) is 0 Å². The molecule has 0 aliphatic carbocycles. The largest absolute Gasteiger partial charge is 0.395 e. The van der Waals surface area contributed by atoms with Crippen LogP contribution in [-0.4, -0.2) is 17.0 Å². The molecule has 0 amide bonds. The van der Waals surface area contributed by atoms with E-state index in [1.54, 1.807) is 11.8 Å². The second-order valence-corrected chi connectivity index (χ2v) is 3.94. The Hall–Kier alpha value is -0.470. The lowest BCUT2D eigenvalue weighted by Crippen LogP contribution is -2.00. The summed E-state index contributed by atoms with van der Waals surface area (Å²) in [6, 6.07) is 10.1. The third-order valence-corrected chi connectivity index (χ3v) is 2.43. The molecule has 1 nitrogen and oxygen atoms in total. The first kappa shape index (κ1) is 8.62. The van der Waals surface area contributed by atoms with Crippen molar-refractivity contribution >= 4 is 11.8 Å². The molecule has 0 radical (unpaired) electrons. The third-order valence-electron chi connectivity index (χ3n) is 1.34. The number of hydrogen-bond acceptors (Lipinski definition) is 2. The summed E-state index contributed by atoms with van der Waals surface area (Å²) in [6.07, 6.45) is 0. The average molecular weight is 168 g/mol. The van der Waals surface area contributed by atoms with Gasteiger partial charge in [0.2, 0.25) is 0 Å². The number of benzene rings is 1. The highest BCUT2D eigenvalue weighted by Gasteiger charge is 2.00. The quantitative estimate of drug-likeness (QED) is 0.698. The molecule has 11 heavy (non-hydrogen) atoms. The van der Waals surface area contributed by atoms with Gasteiger partial charge in [0, 0.05) is 10.1 Å². The molecule has 0 heterocycles. The van der Waals surface area contributed by atoms with Crippen LogP contribution in [0.5, 0.6) is 0 Å². The molecule has 0 aromatic heterocycles. The Kier molecular flexibility index (Phi) is 3.46. The van der Waals surface area contributed by atoms with Crippen LogP contribution in [0.1, 0.15) is 6.92 Å². The molecule has 60 valence electrons. The molecule has 0 saturated carbocycles. The monoisotopic (exact) mass is 168 g/mol. The lowest BCUT2D eigenvalue weighted by molar-refractivity contribution is 0.300. The first-order valence-electron chi connectivity index (χ1n) is 3.65. The first-order valence-corrected chi connectivity index (χ1v) is 4.53. The van der Waals surface area contributed by atoms with Crippen molar-refractivity contribution in [3.63, 3.8) is 0 Å². The molecule has 1 rings (SSSR count). The molecule has 1 atom stereocenters. The SMILES string of the molecule is C[C@@H](CO)Sc1ccccc1. The topological polar surface area (TPSA) is 20.2 Å². The van der Waals surface area contributed by atoms with Crippen molar-refractivity contribution in [3.05, 3.63) is 30.3 Å². The fourth-order valence-electron chi connectivity index (χ4n) is 0.769. The number of aliphatic hydroxyl groups is 1. The second-order valence-electron chi connectivity index (χ2n) is 2.42. The molecule has 0 bridgehead atoms. The van der Waals surface area contributed by atoms with Crippen molar-refractivity contribution in [2.45, 2.75) is 17.1 Å². The number of aliphatic hydroxyl groups excluding tert-OH is 1. The van der Waals surface area contributed by atoms with Crippen LogP contribution in [0.2, 0.25) is 0 Å². The summed E-state index contributed by atoms with van der Waals surface area (Å²) in [7, 11) is 0. The van der Waals surface area contributed by atoms with Crippen LogP contribution in [0, 0.1) is 0 Å². The summed E-state index contributed by atoms with van der Waals surface area (Å²) in [5.41, 5.74) is 0. The third kappa shape index (κ3) is 2.95. The summed E-state index contributed by atoms with van der Waals surface area (Å²) in [4.78, 5) is 1.22. The molecule has 0 unspecified atom stereocenters. The van der Waals surface area contributed by atoms with E-state index in [9.17, 15) is 0 Å². The average Bonchev–Trinajstić information content (AvgIpc) is 2.06. The van der Waals surface area contributed by atoms with Crippen molar-refractivity contribution in [1.82, 2.24) is 0 Å². The Morgan fingerprint density at radius 1 is 1.36 bits per heavy atom. The number of rotatable bonds is 3. The van der Waals surface area contributed by atoms with Gasteiger partial charge in [0.15, 0.2) is 0 Å². The molecular formula is C9H12OS. The van der Waals surface area contributed by atoms with Gasteiger partial charge in [-0.1, -0.05) is 25.1 Å². The van der Waals surface area contributed by atoms with Gasteiger partial charge in [0.25, 0.3) is 0 Å². The Labute approximate surface area is 71.4 Å². The highest BCUT2D eigenvalue weighted by atomic mass is 32.2. The fraction of sp³-hybridized carbons (Fsp3) is 0.333. The van der Waals surface area contributed by atoms with E-state index in [4.69, 9.17) is 5.11 Å². The van der Waals surface area contributed by atoms with E-state index in [0.29, 0.717) is 0 Å². The fourth-order valence-corrected chi connectivity index (χ4v) is 1.62. The molecule has 1 aromatic rings. The van der Waals surface area contributed by atoms with Crippen molar-refractivity contribution in [2.24, 2.45) is 0 Å². The van der Waals surface area contributed by atoms with Crippen molar-refractivity contribution in [1.29, 1.82) is 0 Å². The van der Waals surface area contributed by atoms with Gasteiger partial charge in [-0.2, -0.15) is 0 Å². The van der Waals surface area contributed by atoms with E-state index >= 15 is 0 Å². The van der Waals surface area contributed by atoms with E-state index < -0.39 is 0 Å². The smallest absolute Gasteiger partial charge is 0.0550 e. The molecular weight excluding hydrogens is 156 g/mol. The number of hydrogen-bond donors (Lipinski definition) is 1. The maximum absolute atomic E-state index is 8.78. The van der Waals surface area contributed by atoms with Crippen LogP contribution < -0.4 is 0 Å². The van der Waals surface area contributed by atoms with Crippen molar-refractivity contribution < 1.29 is 5.11 Å². The summed E-state index contributed by atoms with van der Waals surface area (Å²) in [6.45, 7) is 2.25. The molecule has 1 aromatic carbocycles. The first-order chi connectivity index (χ1) is 5.33. The minimum absolute atomic E-state index is 0.236. The van der Waals surface area contributed by atoms with E-state index in [0.717, 1.165) is 0 Å². The van der Waals surface area contributed by atoms with E-state index in [-0.39, 0.29) is 11.9 Å². The molecule has 0 saturated heterocycles. The lowest BCUT2D eigenvalue weighted by Gasteiger charge is -2.05. The van der Waals surface area contributed by atoms with Crippen LogP contribution in [0.25, 0.3) is 0 Å². The van der Waals surface area contributed by atoms with Gasteiger partial charge >= 0.3 is 0 Å². The standard InChI is InChI=1S/C9H12OS/c1-8(7-10)11-9-5-3-2-4-6-9/h2-6,8,10H,7H2,1H3/t8-/m0/s1. The molecule has 2 heteroatoms. The highest BCUT2D eigenvalue weighted by molar-refractivity contribution is 8.00. The Balaban J connectivity index is 2.51. The van der Waals surface area contributed by atoms with Gasteiger partial charge in [0.05, 0.1) is 6.61 Å². The maximum Gasteiger partial charge on any atom is 0.0550 e. The number of thioether (sulfide) groups is 1. The lowest BCUT2D eigenvalue weighted by atomic mass is 10.4. The molecule has 0 aliphatic rings. The molecule has 0 fully saturated rings. The normalized spacial score (nSPS) is 12.9. The summed E-state index contributed by atoms with van der Waals surface area (Å²) >= 11 is 1.69. The zero-order valence-corrected chi connectivity index (χ0v) is 7.34. The summed E-state index contributed by atoms with van der Waals surface area (Å²) in [5.74, 6) is 0. The summed E-state index contributed by atoms with van der Waals surface area (Å²) < 4.78 is 0. The van der Waals surface area contributed by atoms with Crippen LogP contribution in [0.15, 0.2) is 35.2 Å². The maximum atomic E-state index is 8.78. The van der Waals surface area contributed by atoms with Crippen LogP contribution in [-0.2, 0) is 0 Å². The van der Waals surface area contributed by atoms with Gasteiger partial charge in [0.1, 0.15) is 0 Å². The van der Waals surface area contributed by atoms with E-state index in [1.807, 2.05) is 25.1 Å². The van der Waals surface area contributed by atoms with Crippen LogP contribution in [0.3, 0.4) is 0 Å². The minimum atomic E-state index is 0.236. The van der Waals surface area contributed by atoms with E-state index in [2.05, 4.69) is 12.1 Å². The van der Waals surface area contributed by atoms with E-state index in [1.165, 1.54) is 4.90 Å². The zero-order valence-electron chi connectivity index (χ0n) is 6.53. The summed E-state index contributed by atoms with van der Waals surface area (Å²) in [5, 5.41) is 9.06. The van der Waals surface area contributed by atoms with Gasteiger partial charge < -0.3 is 5.11 Å². The predicted molar refractivity (Wildman–Crippen MR) is 48.8 cm³/mol. The minimum Gasteiger partial charge on any atom is -0.395 e. The Bertz CT molecular complexity index is 198. The highest BCUT2D eigenvalue weighted by Crippen LogP contribution is 2.21. The Morgan fingerprint density at radius 3 is 2.55 bits per heavy atom. The van der Waals surface area contributed by atoms with Gasteiger partial charge in [-0.3, -0.25) is 0 Å². The molecule has 1 N–H and O–H groups in total. The van der Waals surface area contributed by atoms with Crippen molar-refractivity contribution in [2.75, 3.05) is 6.61 Å². The molecule has 0 spiro atoms.